The van der Waals surface area contributed by atoms with Crippen molar-refractivity contribution >= 4 is 47.8 Å². The summed E-state index contributed by atoms with van der Waals surface area (Å²) in [5.41, 5.74) is -0.864. The van der Waals surface area contributed by atoms with E-state index in [1.165, 1.54) is 0 Å². The van der Waals surface area contributed by atoms with Crippen LogP contribution in [0.15, 0.2) is 0 Å². The molecule has 0 heterocycles. The van der Waals surface area contributed by atoms with Crippen LogP contribution in [0.5, 0.6) is 0 Å². The van der Waals surface area contributed by atoms with E-state index < -0.39 is 97.1 Å². The molecule has 0 saturated heterocycles. The lowest BCUT2D eigenvalue weighted by Gasteiger charge is -2.28. The normalized spacial score (nSPS) is 12.2. The molecule has 8 N–H and O–H groups in total. The van der Waals surface area contributed by atoms with Gasteiger partial charge in [0.2, 0.25) is 11.2 Å². The van der Waals surface area contributed by atoms with E-state index in [2.05, 4.69) is 9.47 Å². The van der Waals surface area contributed by atoms with Crippen LogP contribution in [0.1, 0.15) is 32.1 Å². The van der Waals surface area contributed by atoms with Gasteiger partial charge in [-0.15, -0.1) is 0 Å². The van der Waals surface area contributed by atoms with Gasteiger partial charge in [0.05, 0.1) is 32.1 Å². The van der Waals surface area contributed by atoms with Gasteiger partial charge in [-0.05, 0) is 0 Å². The molecule has 0 saturated carbocycles. The minimum absolute atomic E-state index is 1.30. The molecule has 0 aliphatic heterocycles. The van der Waals surface area contributed by atoms with Gasteiger partial charge in [0.15, 0.2) is 0 Å². The number of esters is 2. The standard InChI is InChI=1S/C16H19NO16/c17-6(12(27)33-16(14(30)31,4-9(22)23)5-10(24)25)1-11(26)32-15(13(28)29,2-7(18)19)3-8(20)21/h6H,1-5,17H2,(H,18,19)(H,20,21)(H,22,23)(H,24,25)(H,28,29)(H,30,31). The predicted molar refractivity (Wildman–Crippen MR) is 94.5 cm³/mol. The number of carboxylic acids is 6. The van der Waals surface area contributed by atoms with Gasteiger partial charge in [0.1, 0.15) is 6.04 Å². The highest BCUT2D eigenvalue weighted by molar-refractivity contribution is 5.93. The third kappa shape index (κ3) is 8.77. The van der Waals surface area contributed by atoms with Crippen molar-refractivity contribution in [3.05, 3.63) is 0 Å². The van der Waals surface area contributed by atoms with Gasteiger partial charge in [0.25, 0.3) is 0 Å². The van der Waals surface area contributed by atoms with Crippen molar-refractivity contribution in [2.24, 2.45) is 5.73 Å². The molecule has 184 valence electrons. The molecule has 0 aliphatic rings. The Morgan fingerprint density at radius 1 is 0.606 bits per heavy atom. The summed E-state index contributed by atoms with van der Waals surface area (Å²) in [4.78, 5) is 90.6. The second-order valence-electron chi connectivity index (χ2n) is 6.59. The van der Waals surface area contributed by atoms with Crippen LogP contribution in [0.25, 0.3) is 0 Å². The predicted octanol–water partition coefficient (Wildman–Crippen LogP) is -2.66. The zero-order valence-corrected chi connectivity index (χ0v) is 16.5. The summed E-state index contributed by atoms with van der Waals surface area (Å²) >= 11 is 0. The summed E-state index contributed by atoms with van der Waals surface area (Å²) in [6.07, 6.45) is -7.28. The summed E-state index contributed by atoms with van der Waals surface area (Å²) in [5.74, 6) is -15.3. The first-order chi connectivity index (χ1) is 15.0. The summed E-state index contributed by atoms with van der Waals surface area (Å²) < 4.78 is 8.91. The van der Waals surface area contributed by atoms with Crippen LogP contribution in [0, 0.1) is 0 Å². The van der Waals surface area contributed by atoms with Crippen molar-refractivity contribution in [2.45, 2.75) is 49.3 Å². The Labute approximate surface area is 182 Å². The summed E-state index contributed by atoms with van der Waals surface area (Å²) in [5, 5.41) is 53.7. The lowest BCUT2D eigenvalue weighted by Crippen LogP contribution is -2.51. The Morgan fingerprint density at radius 2 is 0.909 bits per heavy atom. The average molecular weight is 481 g/mol. The lowest BCUT2D eigenvalue weighted by molar-refractivity contribution is -0.190. The van der Waals surface area contributed by atoms with Gasteiger partial charge in [-0.1, -0.05) is 0 Å². The van der Waals surface area contributed by atoms with Crippen molar-refractivity contribution in [3.63, 3.8) is 0 Å². The highest BCUT2D eigenvalue weighted by Gasteiger charge is 2.49. The molecule has 0 amide bonds. The van der Waals surface area contributed by atoms with E-state index in [1.807, 2.05) is 0 Å². The van der Waals surface area contributed by atoms with E-state index in [0.717, 1.165) is 0 Å². The molecule has 33 heavy (non-hydrogen) atoms. The molecule has 0 bridgehead atoms. The van der Waals surface area contributed by atoms with Gasteiger partial charge >= 0.3 is 47.8 Å². The van der Waals surface area contributed by atoms with Crippen LogP contribution in [-0.4, -0.2) is 95.6 Å². The molecular formula is C16H19NO16. The number of carboxylic acid groups (broad SMARTS) is 6. The fourth-order valence-electron chi connectivity index (χ4n) is 2.43. The summed E-state index contributed by atoms with van der Waals surface area (Å²) in [6.45, 7) is 0. The highest BCUT2D eigenvalue weighted by atomic mass is 16.6. The van der Waals surface area contributed by atoms with Gasteiger partial charge in [-0.3, -0.25) is 28.8 Å². The summed E-state index contributed by atoms with van der Waals surface area (Å²) in [6, 6.07) is -2.17. The first kappa shape index (κ1) is 28.7. The Kier molecular flexibility index (Phi) is 9.90. The fraction of sp³-hybridized carbons (Fsp3) is 0.500. The van der Waals surface area contributed by atoms with E-state index >= 15 is 0 Å². The van der Waals surface area contributed by atoms with Crippen molar-refractivity contribution in [2.75, 3.05) is 0 Å². The minimum atomic E-state index is -3.12. The van der Waals surface area contributed by atoms with Crippen LogP contribution in [0.2, 0.25) is 0 Å². The largest absolute Gasteiger partial charge is 0.481 e. The quantitative estimate of drug-likeness (QED) is 0.117. The van der Waals surface area contributed by atoms with Crippen LogP contribution >= 0.6 is 0 Å². The first-order valence-electron chi connectivity index (χ1n) is 8.50. The maximum Gasteiger partial charge on any atom is 0.349 e. The van der Waals surface area contributed by atoms with Gasteiger partial charge in [0, 0.05) is 0 Å². The molecule has 0 spiro atoms. The maximum absolute atomic E-state index is 12.1. The van der Waals surface area contributed by atoms with Gasteiger partial charge < -0.3 is 45.8 Å². The van der Waals surface area contributed by atoms with Crippen molar-refractivity contribution in [1.82, 2.24) is 0 Å². The minimum Gasteiger partial charge on any atom is -0.481 e. The molecule has 0 radical (unpaired) electrons. The van der Waals surface area contributed by atoms with Crippen LogP contribution in [-0.2, 0) is 47.8 Å². The Hall–Kier alpha value is -4.28. The third-order valence-electron chi connectivity index (χ3n) is 3.82. The summed E-state index contributed by atoms with van der Waals surface area (Å²) in [7, 11) is 0. The molecule has 0 aliphatic carbocycles. The van der Waals surface area contributed by atoms with Crippen LogP contribution in [0.4, 0.5) is 0 Å². The smallest absolute Gasteiger partial charge is 0.349 e. The zero-order chi connectivity index (χ0) is 26.1. The van der Waals surface area contributed by atoms with E-state index in [4.69, 9.17) is 26.2 Å². The van der Waals surface area contributed by atoms with Crippen LogP contribution in [0.3, 0.4) is 0 Å². The fourth-order valence-corrected chi connectivity index (χ4v) is 2.43. The second-order valence-corrected chi connectivity index (χ2v) is 6.59. The number of carbonyl (C=O) groups excluding carboxylic acids is 2. The van der Waals surface area contributed by atoms with E-state index in [0.29, 0.717) is 0 Å². The zero-order valence-electron chi connectivity index (χ0n) is 16.5. The SMILES string of the molecule is NC(CC(=O)OC(CC(=O)O)(CC(=O)O)C(=O)O)C(=O)OC(CC(=O)O)(CC(=O)O)C(=O)O. The molecule has 17 heteroatoms. The second kappa shape index (κ2) is 11.4. The number of hydrogen-bond acceptors (Lipinski definition) is 11. The lowest BCUT2D eigenvalue weighted by atomic mass is 9.94. The van der Waals surface area contributed by atoms with Crippen molar-refractivity contribution in [1.29, 1.82) is 0 Å². The Balaban J connectivity index is 5.69. The number of rotatable bonds is 15. The number of aliphatic carboxylic acids is 6. The van der Waals surface area contributed by atoms with Gasteiger partial charge in [-0.2, -0.15) is 0 Å². The first-order valence-corrected chi connectivity index (χ1v) is 8.50. The maximum atomic E-state index is 12.1. The van der Waals surface area contributed by atoms with Crippen molar-refractivity contribution in [3.8, 4) is 0 Å². The molecule has 0 aromatic heterocycles. The topological polar surface area (TPSA) is 302 Å². The highest BCUT2D eigenvalue weighted by Crippen LogP contribution is 2.25. The number of carbonyl (C=O) groups is 8. The molecular weight excluding hydrogens is 462 g/mol. The van der Waals surface area contributed by atoms with E-state index in [-0.39, 0.29) is 0 Å². The molecule has 0 rings (SSSR count). The average Bonchev–Trinajstić information content (AvgIpc) is 2.58. The Bertz CT molecular complexity index is 829. The number of nitrogens with two attached hydrogens (primary N) is 1. The van der Waals surface area contributed by atoms with E-state index in [1.54, 1.807) is 0 Å². The van der Waals surface area contributed by atoms with Gasteiger partial charge in [-0.25, -0.2) is 9.59 Å². The molecule has 1 atom stereocenters. The molecule has 0 aromatic rings. The molecule has 1 unspecified atom stereocenters. The molecule has 0 aromatic carbocycles. The van der Waals surface area contributed by atoms with Crippen LogP contribution < -0.4 is 5.73 Å². The number of ether oxygens (including phenoxy) is 2. The van der Waals surface area contributed by atoms with Crippen molar-refractivity contribution < 1.29 is 78.5 Å². The molecule has 17 nitrogen and oxygen atoms in total. The van der Waals surface area contributed by atoms with E-state index in [9.17, 15) is 48.6 Å². The third-order valence-corrected chi connectivity index (χ3v) is 3.82. The monoisotopic (exact) mass is 481 g/mol. The Morgan fingerprint density at radius 3 is 1.18 bits per heavy atom. The number of hydrogen-bond donors (Lipinski definition) is 7. The molecule has 0 fully saturated rings.